The highest BCUT2D eigenvalue weighted by Crippen LogP contribution is 2.36. The standard InChI is InChI=1S/C21H26N4O4/c1-3-24-11-9-22-20(24)19-15(8-12-29-19)21(27)23-14-6-7-16(17(13-14)28-2)25-10-4-5-18(25)26/h6-7,9,11,13,15,19H,3-5,8,10,12H2,1-2H3,(H,23,27)/t15-,19-/m1/s1. The van der Waals surface area contributed by atoms with E-state index >= 15 is 0 Å². The topological polar surface area (TPSA) is 85.7 Å². The van der Waals surface area contributed by atoms with Crippen LogP contribution in [0.15, 0.2) is 30.6 Å². The van der Waals surface area contributed by atoms with Gasteiger partial charge in [-0.25, -0.2) is 4.98 Å². The lowest BCUT2D eigenvalue weighted by Crippen LogP contribution is -2.27. The van der Waals surface area contributed by atoms with Gasteiger partial charge in [0.15, 0.2) is 0 Å². The molecule has 29 heavy (non-hydrogen) atoms. The molecule has 0 bridgehead atoms. The van der Waals surface area contributed by atoms with Crippen LogP contribution in [0.2, 0.25) is 0 Å². The molecule has 8 nitrogen and oxygen atoms in total. The fourth-order valence-electron chi connectivity index (χ4n) is 4.07. The van der Waals surface area contributed by atoms with Crippen molar-refractivity contribution in [1.29, 1.82) is 0 Å². The summed E-state index contributed by atoms with van der Waals surface area (Å²) in [6.07, 6.45) is 5.32. The summed E-state index contributed by atoms with van der Waals surface area (Å²) in [5.41, 5.74) is 1.37. The number of rotatable bonds is 6. The molecule has 2 atom stereocenters. The summed E-state index contributed by atoms with van der Waals surface area (Å²) in [4.78, 5) is 31.2. The number of hydrogen-bond donors (Lipinski definition) is 1. The third-order valence-corrected chi connectivity index (χ3v) is 5.58. The zero-order valence-corrected chi connectivity index (χ0v) is 16.8. The number of methoxy groups -OCH3 is 1. The molecule has 3 heterocycles. The zero-order valence-electron chi connectivity index (χ0n) is 16.8. The van der Waals surface area contributed by atoms with Crippen molar-refractivity contribution in [1.82, 2.24) is 9.55 Å². The number of amides is 2. The number of ether oxygens (including phenoxy) is 2. The average molecular weight is 398 g/mol. The Kier molecular flexibility index (Phi) is 5.53. The van der Waals surface area contributed by atoms with Gasteiger partial charge in [-0.3, -0.25) is 9.59 Å². The van der Waals surface area contributed by atoms with Crippen molar-refractivity contribution in [2.45, 2.75) is 38.8 Å². The van der Waals surface area contributed by atoms with Gasteiger partial charge in [-0.1, -0.05) is 0 Å². The first kappa shape index (κ1) is 19.4. The molecule has 1 aromatic heterocycles. The van der Waals surface area contributed by atoms with Crippen LogP contribution >= 0.6 is 0 Å². The summed E-state index contributed by atoms with van der Waals surface area (Å²) in [7, 11) is 1.57. The van der Waals surface area contributed by atoms with Crippen molar-refractivity contribution >= 4 is 23.2 Å². The number of aryl methyl sites for hydroxylation is 1. The number of carbonyl (C=O) groups is 2. The molecule has 8 heteroatoms. The highest BCUT2D eigenvalue weighted by atomic mass is 16.5. The van der Waals surface area contributed by atoms with Crippen LogP contribution in [0.5, 0.6) is 5.75 Å². The minimum Gasteiger partial charge on any atom is -0.494 e. The summed E-state index contributed by atoms with van der Waals surface area (Å²) in [6.45, 7) is 4.02. The van der Waals surface area contributed by atoms with Crippen LogP contribution in [0.25, 0.3) is 0 Å². The van der Waals surface area contributed by atoms with E-state index in [0.717, 1.165) is 24.5 Å². The fourth-order valence-corrected chi connectivity index (χ4v) is 4.07. The van der Waals surface area contributed by atoms with E-state index in [1.807, 2.05) is 23.8 Å². The van der Waals surface area contributed by atoms with Gasteiger partial charge in [0.2, 0.25) is 11.8 Å². The van der Waals surface area contributed by atoms with Crippen LogP contribution in [-0.2, 0) is 20.9 Å². The second-order valence-corrected chi connectivity index (χ2v) is 7.28. The van der Waals surface area contributed by atoms with Crippen molar-refractivity contribution in [3.63, 3.8) is 0 Å². The van der Waals surface area contributed by atoms with Crippen molar-refractivity contribution in [3.05, 3.63) is 36.4 Å². The predicted octanol–water partition coefficient (Wildman–Crippen LogP) is 2.75. The Bertz CT molecular complexity index is 910. The molecule has 0 unspecified atom stereocenters. The van der Waals surface area contributed by atoms with Crippen LogP contribution < -0.4 is 15.0 Å². The van der Waals surface area contributed by atoms with Gasteiger partial charge in [-0.2, -0.15) is 0 Å². The van der Waals surface area contributed by atoms with E-state index in [4.69, 9.17) is 9.47 Å². The monoisotopic (exact) mass is 398 g/mol. The van der Waals surface area contributed by atoms with Crippen molar-refractivity contribution in [2.75, 3.05) is 30.5 Å². The molecule has 4 rings (SSSR count). The number of hydrogen-bond acceptors (Lipinski definition) is 5. The van der Waals surface area contributed by atoms with Gasteiger partial charge in [0, 0.05) is 50.3 Å². The average Bonchev–Trinajstić information content (AvgIpc) is 3.47. The molecule has 1 aromatic carbocycles. The molecule has 154 valence electrons. The Morgan fingerprint density at radius 3 is 3.00 bits per heavy atom. The van der Waals surface area contributed by atoms with Gasteiger partial charge in [0.1, 0.15) is 17.7 Å². The molecule has 0 spiro atoms. The summed E-state index contributed by atoms with van der Waals surface area (Å²) in [5, 5.41) is 2.98. The minimum absolute atomic E-state index is 0.0949. The Morgan fingerprint density at radius 2 is 2.28 bits per heavy atom. The quantitative estimate of drug-likeness (QED) is 0.809. The molecule has 2 fully saturated rings. The summed E-state index contributed by atoms with van der Waals surface area (Å²) < 4.78 is 13.3. The fraction of sp³-hybridized carbons (Fsp3) is 0.476. The smallest absolute Gasteiger partial charge is 0.230 e. The normalized spacial score (nSPS) is 21.6. The van der Waals surface area contributed by atoms with Crippen LogP contribution in [-0.4, -0.2) is 41.6 Å². The van der Waals surface area contributed by atoms with Crippen LogP contribution in [0.3, 0.4) is 0 Å². The van der Waals surface area contributed by atoms with Crippen LogP contribution in [0, 0.1) is 5.92 Å². The van der Waals surface area contributed by atoms with Crippen molar-refractivity contribution in [3.8, 4) is 5.75 Å². The van der Waals surface area contributed by atoms with E-state index in [9.17, 15) is 9.59 Å². The largest absolute Gasteiger partial charge is 0.494 e. The van der Waals surface area contributed by atoms with Gasteiger partial charge < -0.3 is 24.3 Å². The molecular formula is C21H26N4O4. The first-order valence-corrected chi connectivity index (χ1v) is 10.0. The maximum Gasteiger partial charge on any atom is 0.230 e. The first-order chi connectivity index (χ1) is 14.1. The number of benzene rings is 1. The van der Waals surface area contributed by atoms with Gasteiger partial charge in [0.25, 0.3) is 0 Å². The van der Waals surface area contributed by atoms with E-state index in [1.165, 1.54) is 0 Å². The van der Waals surface area contributed by atoms with E-state index < -0.39 is 0 Å². The van der Waals surface area contributed by atoms with Gasteiger partial charge in [0.05, 0.1) is 18.7 Å². The molecule has 0 aliphatic carbocycles. The second-order valence-electron chi connectivity index (χ2n) is 7.28. The molecule has 2 saturated heterocycles. The number of nitrogens with zero attached hydrogens (tertiary/aromatic N) is 3. The van der Waals surface area contributed by atoms with Gasteiger partial charge in [-0.05, 0) is 31.9 Å². The summed E-state index contributed by atoms with van der Waals surface area (Å²) in [5.74, 6) is 1.03. The van der Waals surface area contributed by atoms with Gasteiger partial charge >= 0.3 is 0 Å². The molecule has 2 aliphatic heterocycles. The predicted molar refractivity (Wildman–Crippen MR) is 108 cm³/mol. The Hall–Kier alpha value is -2.87. The molecule has 2 amide bonds. The van der Waals surface area contributed by atoms with Crippen molar-refractivity contribution < 1.29 is 19.1 Å². The lowest BCUT2D eigenvalue weighted by molar-refractivity contribution is -0.121. The number of carbonyl (C=O) groups excluding carboxylic acids is 2. The van der Waals surface area contributed by atoms with E-state index in [-0.39, 0.29) is 23.8 Å². The second kappa shape index (κ2) is 8.24. The van der Waals surface area contributed by atoms with Crippen LogP contribution in [0.1, 0.15) is 38.1 Å². The minimum atomic E-state index is -0.353. The molecule has 2 aliphatic rings. The highest BCUT2D eigenvalue weighted by Gasteiger charge is 2.37. The molecule has 0 radical (unpaired) electrons. The number of anilines is 2. The lowest BCUT2D eigenvalue weighted by atomic mass is 9.99. The van der Waals surface area contributed by atoms with E-state index in [1.54, 1.807) is 30.3 Å². The Morgan fingerprint density at radius 1 is 1.41 bits per heavy atom. The van der Waals surface area contributed by atoms with Crippen molar-refractivity contribution in [2.24, 2.45) is 5.92 Å². The lowest BCUT2D eigenvalue weighted by Gasteiger charge is -2.21. The van der Waals surface area contributed by atoms with E-state index in [2.05, 4.69) is 10.3 Å². The third kappa shape index (κ3) is 3.72. The van der Waals surface area contributed by atoms with E-state index in [0.29, 0.717) is 37.4 Å². The number of nitrogens with one attached hydrogen (secondary N) is 1. The SMILES string of the molecule is CCn1ccnc1[C@@H]1OCC[C@H]1C(=O)Nc1ccc(N2CCCC2=O)c(OC)c1. The molecule has 2 aromatic rings. The maximum atomic E-state index is 13.0. The maximum absolute atomic E-state index is 13.0. The third-order valence-electron chi connectivity index (χ3n) is 5.58. The highest BCUT2D eigenvalue weighted by molar-refractivity contribution is 5.98. The molecule has 0 saturated carbocycles. The molecular weight excluding hydrogens is 372 g/mol. The summed E-state index contributed by atoms with van der Waals surface area (Å²) in [6, 6.07) is 5.39. The number of aromatic nitrogens is 2. The van der Waals surface area contributed by atoms with Gasteiger partial charge in [-0.15, -0.1) is 0 Å². The van der Waals surface area contributed by atoms with Crippen LogP contribution in [0.4, 0.5) is 11.4 Å². The molecule has 1 N–H and O–H groups in total. The first-order valence-electron chi connectivity index (χ1n) is 10.0. The Balaban J connectivity index is 1.51. The Labute approximate surface area is 169 Å². The summed E-state index contributed by atoms with van der Waals surface area (Å²) >= 11 is 0. The number of imidazole rings is 1. The zero-order chi connectivity index (χ0) is 20.4.